The highest BCUT2D eigenvalue weighted by Gasteiger charge is 2.39. The predicted molar refractivity (Wildman–Crippen MR) is 106 cm³/mol. The number of anilines is 2. The van der Waals surface area contributed by atoms with Gasteiger partial charge in [-0.3, -0.25) is 10.2 Å². The Hall–Kier alpha value is -3.06. The van der Waals surface area contributed by atoms with E-state index >= 15 is 0 Å². The van der Waals surface area contributed by atoms with Crippen molar-refractivity contribution in [3.63, 3.8) is 0 Å². The first-order valence-electron chi connectivity index (χ1n) is 9.49. The van der Waals surface area contributed by atoms with Gasteiger partial charge in [0.25, 0.3) is 0 Å². The zero-order valence-corrected chi connectivity index (χ0v) is 14.8. The fourth-order valence-electron chi connectivity index (χ4n) is 4.94. The summed E-state index contributed by atoms with van der Waals surface area (Å²) in [5, 5.41) is 24.3. The van der Waals surface area contributed by atoms with Gasteiger partial charge in [0.1, 0.15) is 0 Å². The third kappa shape index (κ3) is 2.12. The van der Waals surface area contributed by atoms with Crippen LogP contribution in [0.5, 0.6) is 0 Å². The molecule has 7 nitrogen and oxygen atoms in total. The number of nitrogens with one attached hydrogen (secondary N) is 4. The number of aromatic nitrogens is 4. The number of nitrogens with zero attached hydrogens (tertiary/aromatic N) is 2. The fourth-order valence-corrected chi connectivity index (χ4v) is 4.94. The molecule has 1 unspecified atom stereocenters. The predicted octanol–water partition coefficient (Wildman–Crippen LogP) is 3.23. The summed E-state index contributed by atoms with van der Waals surface area (Å²) < 4.78 is 0. The molecule has 0 bridgehead atoms. The number of nitrogen functional groups attached to an aromatic ring is 1. The highest BCUT2D eigenvalue weighted by atomic mass is 15.2. The Balaban J connectivity index is 1.52. The van der Waals surface area contributed by atoms with Crippen LogP contribution in [0, 0.1) is 5.92 Å². The highest BCUT2D eigenvalue weighted by molar-refractivity contribution is 5.90. The molecule has 4 heterocycles. The van der Waals surface area contributed by atoms with Crippen LogP contribution in [-0.4, -0.2) is 26.9 Å². The van der Waals surface area contributed by atoms with Crippen LogP contribution in [0.3, 0.4) is 0 Å². The fraction of sp³-hybridized carbons (Fsp3) is 0.300. The van der Waals surface area contributed by atoms with Gasteiger partial charge in [0.2, 0.25) is 0 Å². The van der Waals surface area contributed by atoms with E-state index in [1.165, 1.54) is 35.0 Å². The van der Waals surface area contributed by atoms with E-state index in [2.05, 4.69) is 61.4 Å². The smallest absolute Gasteiger partial charge is 0.153 e. The van der Waals surface area contributed by atoms with Gasteiger partial charge in [-0.15, -0.1) is 0 Å². The molecule has 1 saturated heterocycles. The molecule has 2 aliphatic rings. The second kappa shape index (κ2) is 5.47. The van der Waals surface area contributed by atoms with Crippen LogP contribution >= 0.6 is 0 Å². The average molecular weight is 359 g/mol. The molecule has 2 aromatic carbocycles. The van der Waals surface area contributed by atoms with Gasteiger partial charge in [-0.25, -0.2) is 0 Å². The summed E-state index contributed by atoms with van der Waals surface area (Å²) in [6, 6.07) is 11.3. The van der Waals surface area contributed by atoms with Crippen LogP contribution in [0.25, 0.3) is 21.8 Å². The number of aromatic amines is 2. The number of nitrogens with two attached hydrogens (primary N) is 1. The zero-order valence-electron chi connectivity index (χ0n) is 14.8. The Morgan fingerprint density at radius 1 is 1.00 bits per heavy atom. The van der Waals surface area contributed by atoms with E-state index in [4.69, 9.17) is 5.73 Å². The van der Waals surface area contributed by atoms with Gasteiger partial charge in [0.15, 0.2) is 5.82 Å². The molecule has 4 aromatic rings. The summed E-state index contributed by atoms with van der Waals surface area (Å²) >= 11 is 0. The van der Waals surface area contributed by atoms with E-state index in [-0.39, 0.29) is 6.04 Å². The van der Waals surface area contributed by atoms with Crippen molar-refractivity contribution in [2.75, 3.05) is 17.6 Å². The van der Waals surface area contributed by atoms with Gasteiger partial charge in [-0.1, -0.05) is 6.07 Å². The van der Waals surface area contributed by atoms with Gasteiger partial charge >= 0.3 is 0 Å². The number of hydrogen-bond donors (Lipinski definition) is 5. The third-order valence-corrected chi connectivity index (χ3v) is 6.20. The van der Waals surface area contributed by atoms with Crippen molar-refractivity contribution in [2.24, 2.45) is 5.92 Å². The van der Waals surface area contributed by atoms with E-state index in [0.29, 0.717) is 17.8 Å². The van der Waals surface area contributed by atoms with Crippen molar-refractivity contribution in [3.8, 4) is 0 Å². The second-order valence-electron chi connectivity index (χ2n) is 7.63. The lowest BCUT2D eigenvalue weighted by molar-refractivity contribution is 0.247. The van der Waals surface area contributed by atoms with E-state index in [0.717, 1.165) is 23.0 Å². The van der Waals surface area contributed by atoms with Crippen LogP contribution in [0.15, 0.2) is 36.5 Å². The lowest BCUT2D eigenvalue weighted by Gasteiger charge is -2.44. The van der Waals surface area contributed by atoms with Gasteiger partial charge in [-0.05, 0) is 49.2 Å². The number of hydrogen-bond acceptors (Lipinski definition) is 5. The Morgan fingerprint density at radius 2 is 1.89 bits per heavy atom. The van der Waals surface area contributed by atoms with E-state index in [1.54, 1.807) is 0 Å². The van der Waals surface area contributed by atoms with Crippen LogP contribution in [0.2, 0.25) is 0 Å². The molecule has 7 heteroatoms. The summed E-state index contributed by atoms with van der Waals surface area (Å²) in [6.07, 6.45) is 4.32. The second-order valence-corrected chi connectivity index (χ2v) is 7.63. The molecule has 6 rings (SSSR count). The Morgan fingerprint density at radius 3 is 2.85 bits per heavy atom. The van der Waals surface area contributed by atoms with Gasteiger partial charge in [0.05, 0.1) is 23.3 Å². The molecule has 0 radical (unpaired) electrons. The molecule has 3 atom stereocenters. The number of rotatable bonds is 1. The van der Waals surface area contributed by atoms with Crippen LogP contribution in [0.4, 0.5) is 11.5 Å². The topological polar surface area (TPSA) is 107 Å². The number of H-pyrrole nitrogens is 2. The Bertz CT molecular complexity index is 1160. The van der Waals surface area contributed by atoms with E-state index in [1.807, 2.05) is 6.20 Å². The standard InChI is InChI=1S/C20H21N7/c21-20-12-8-10(3-4-14(12)26-27-20)18-11-2-1-7-22-19(11)17-13-9-23-25-15(13)5-6-16(17)24-18/h3-6,8-9,11,18-19,22,24H,1-2,7H2,(H,23,25)(H3,21,26,27)/t11-,18-,19?/m0/s1. The molecule has 0 aliphatic carbocycles. The maximum Gasteiger partial charge on any atom is 0.153 e. The van der Waals surface area contributed by atoms with Gasteiger partial charge < -0.3 is 16.4 Å². The highest BCUT2D eigenvalue weighted by Crippen LogP contribution is 2.49. The molecule has 2 aliphatic heterocycles. The van der Waals surface area contributed by atoms with Crippen LogP contribution in [0.1, 0.15) is 36.1 Å². The molecule has 0 saturated carbocycles. The van der Waals surface area contributed by atoms with E-state index in [9.17, 15) is 0 Å². The number of benzene rings is 2. The maximum absolute atomic E-state index is 6.05. The van der Waals surface area contributed by atoms with Crippen molar-refractivity contribution < 1.29 is 0 Å². The van der Waals surface area contributed by atoms with Gasteiger partial charge in [-0.2, -0.15) is 10.2 Å². The number of piperidine rings is 1. The summed E-state index contributed by atoms with van der Waals surface area (Å²) in [5.74, 6) is 1.03. The molecule has 0 spiro atoms. The lowest BCUT2D eigenvalue weighted by Crippen LogP contribution is -2.42. The molecule has 1 fully saturated rings. The lowest BCUT2D eigenvalue weighted by atomic mass is 9.74. The minimum absolute atomic E-state index is 0.235. The van der Waals surface area contributed by atoms with Crippen LogP contribution in [-0.2, 0) is 0 Å². The molecule has 6 N–H and O–H groups in total. The van der Waals surface area contributed by atoms with Crippen molar-refractivity contribution in [1.29, 1.82) is 0 Å². The summed E-state index contributed by atoms with van der Waals surface area (Å²) in [5.41, 5.74) is 11.9. The first-order chi connectivity index (χ1) is 13.3. The quantitative estimate of drug-likeness (QED) is 0.359. The van der Waals surface area contributed by atoms with Crippen molar-refractivity contribution in [2.45, 2.75) is 24.9 Å². The minimum atomic E-state index is 0.235. The monoisotopic (exact) mass is 359 g/mol. The first-order valence-corrected chi connectivity index (χ1v) is 9.49. The number of fused-ring (bicyclic) bond motifs is 6. The van der Waals surface area contributed by atoms with Gasteiger partial charge in [0, 0.05) is 34.0 Å². The minimum Gasteiger partial charge on any atom is -0.382 e. The molecular formula is C20H21N7. The first kappa shape index (κ1) is 15.0. The molecule has 2 aromatic heterocycles. The van der Waals surface area contributed by atoms with E-state index < -0.39 is 0 Å². The van der Waals surface area contributed by atoms with Crippen molar-refractivity contribution in [1.82, 2.24) is 25.7 Å². The Kier molecular flexibility index (Phi) is 3.05. The average Bonchev–Trinajstić information content (AvgIpc) is 3.33. The Labute approximate surface area is 155 Å². The molecule has 136 valence electrons. The largest absolute Gasteiger partial charge is 0.382 e. The molecule has 0 amide bonds. The zero-order chi connectivity index (χ0) is 18.0. The van der Waals surface area contributed by atoms with Crippen molar-refractivity contribution >= 4 is 33.3 Å². The maximum atomic E-state index is 6.05. The van der Waals surface area contributed by atoms with Crippen molar-refractivity contribution in [3.05, 3.63) is 47.7 Å². The molecule has 27 heavy (non-hydrogen) atoms. The normalized spacial score (nSPS) is 24.5. The summed E-state index contributed by atoms with van der Waals surface area (Å²) in [4.78, 5) is 0. The van der Waals surface area contributed by atoms with Crippen LogP contribution < -0.4 is 16.4 Å². The summed E-state index contributed by atoms with van der Waals surface area (Å²) in [7, 11) is 0. The summed E-state index contributed by atoms with van der Waals surface area (Å²) in [6.45, 7) is 1.05. The SMILES string of the molecule is Nc1n[nH]c2ccc([C@@H]3Nc4ccc5[nH]ncc5c4C4NCCC[C@H]43)cc12. The third-order valence-electron chi connectivity index (χ3n) is 6.20. The molecular weight excluding hydrogens is 338 g/mol.